The summed E-state index contributed by atoms with van der Waals surface area (Å²) in [5, 5.41) is 9.86. The summed E-state index contributed by atoms with van der Waals surface area (Å²) in [6.07, 6.45) is 0. The Hall–Kier alpha value is -4.92. The number of fused-ring (bicyclic) bond motifs is 8. The number of furan rings is 1. The summed E-state index contributed by atoms with van der Waals surface area (Å²) in [4.78, 5) is 0. The molecule has 9 aromatic rings. The number of hydrogen-bond donors (Lipinski definition) is 0. The van der Waals surface area contributed by atoms with Gasteiger partial charge in [-0.1, -0.05) is 109 Å². The van der Waals surface area contributed by atoms with Gasteiger partial charge in [-0.2, -0.15) is 0 Å². The molecule has 0 aliphatic carbocycles. The van der Waals surface area contributed by atoms with Gasteiger partial charge in [-0.05, 0) is 67.7 Å². The van der Waals surface area contributed by atoms with Crippen molar-refractivity contribution < 1.29 is 4.42 Å². The van der Waals surface area contributed by atoms with Gasteiger partial charge >= 0.3 is 0 Å². The first kappa shape index (κ1) is 22.0. The highest BCUT2D eigenvalue weighted by atomic mass is 32.1. The molecule has 186 valence electrons. The highest BCUT2D eigenvalue weighted by Crippen LogP contribution is 2.48. The van der Waals surface area contributed by atoms with Crippen LogP contribution in [0.3, 0.4) is 0 Å². The predicted molar refractivity (Wildman–Crippen MR) is 172 cm³/mol. The van der Waals surface area contributed by atoms with E-state index in [0.717, 1.165) is 16.7 Å². The van der Waals surface area contributed by atoms with E-state index < -0.39 is 0 Å². The van der Waals surface area contributed by atoms with Crippen molar-refractivity contribution in [2.45, 2.75) is 0 Å². The summed E-state index contributed by atoms with van der Waals surface area (Å²) in [5.41, 5.74) is 6.84. The third kappa shape index (κ3) is 3.03. The van der Waals surface area contributed by atoms with Gasteiger partial charge in [0.05, 0.1) is 4.70 Å². The van der Waals surface area contributed by atoms with Gasteiger partial charge in [0.15, 0.2) is 5.58 Å². The van der Waals surface area contributed by atoms with E-state index in [1.807, 2.05) is 11.3 Å². The lowest BCUT2D eigenvalue weighted by atomic mass is 9.85. The third-order valence-electron chi connectivity index (χ3n) is 8.25. The Morgan fingerprint density at radius 2 is 1.02 bits per heavy atom. The van der Waals surface area contributed by atoms with Crippen LogP contribution in [0.2, 0.25) is 0 Å². The summed E-state index contributed by atoms with van der Waals surface area (Å²) in [7, 11) is 0. The Morgan fingerprint density at radius 1 is 0.425 bits per heavy atom. The van der Waals surface area contributed by atoms with Crippen molar-refractivity contribution in [3.05, 3.63) is 133 Å². The Balaban J connectivity index is 1.41. The highest BCUT2D eigenvalue weighted by molar-refractivity contribution is 7.26. The number of thiophene rings is 1. The van der Waals surface area contributed by atoms with E-state index in [2.05, 4.69) is 133 Å². The lowest BCUT2D eigenvalue weighted by Gasteiger charge is -2.18. The van der Waals surface area contributed by atoms with Gasteiger partial charge in [0, 0.05) is 26.6 Å². The molecule has 0 amide bonds. The summed E-state index contributed by atoms with van der Waals surface area (Å²) < 4.78 is 9.25. The molecule has 0 spiro atoms. The van der Waals surface area contributed by atoms with E-state index in [-0.39, 0.29) is 0 Å². The van der Waals surface area contributed by atoms with Crippen LogP contribution in [-0.4, -0.2) is 0 Å². The van der Waals surface area contributed by atoms with Crippen molar-refractivity contribution in [2.75, 3.05) is 0 Å². The Morgan fingerprint density at radius 3 is 1.77 bits per heavy atom. The van der Waals surface area contributed by atoms with Crippen LogP contribution >= 0.6 is 11.3 Å². The van der Waals surface area contributed by atoms with Gasteiger partial charge in [0.25, 0.3) is 0 Å². The maximum absolute atomic E-state index is 6.76. The standard InChI is InChI=1S/C38H22OS/c1-2-11-24-22-25(21-20-23(24)10-1)34-26-12-3-5-14-28(26)35(29-15-6-4-13-27(29)34)31-17-9-18-32-36(31)39-37-30-16-7-8-19-33(30)40-38(32)37/h1-22H. The minimum absolute atomic E-state index is 0.961. The summed E-state index contributed by atoms with van der Waals surface area (Å²) in [5.74, 6) is 0. The lowest BCUT2D eigenvalue weighted by Crippen LogP contribution is -1.91. The molecule has 9 rings (SSSR count). The van der Waals surface area contributed by atoms with E-state index in [4.69, 9.17) is 4.42 Å². The van der Waals surface area contributed by atoms with Crippen LogP contribution in [0, 0.1) is 0 Å². The third-order valence-corrected chi connectivity index (χ3v) is 9.44. The van der Waals surface area contributed by atoms with Gasteiger partial charge in [0.1, 0.15) is 5.58 Å². The molecule has 0 atom stereocenters. The van der Waals surface area contributed by atoms with Gasteiger partial charge in [-0.25, -0.2) is 0 Å². The second-order valence-corrected chi connectivity index (χ2v) is 11.5. The van der Waals surface area contributed by atoms with Crippen LogP contribution < -0.4 is 0 Å². The summed E-state index contributed by atoms with van der Waals surface area (Å²) in [6.45, 7) is 0. The number of benzene rings is 7. The van der Waals surface area contributed by atoms with Crippen LogP contribution in [0.1, 0.15) is 0 Å². The van der Waals surface area contributed by atoms with Crippen LogP contribution in [0.5, 0.6) is 0 Å². The van der Waals surface area contributed by atoms with Gasteiger partial charge in [-0.3, -0.25) is 0 Å². The second-order valence-electron chi connectivity index (χ2n) is 10.4. The largest absolute Gasteiger partial charge is 0.454 e. The second kappa shape index (κ2) is 8.29. The first-order valence-corrected chi connectivity index (χ1v) is 14.4. The number of para-hydroxylation sites is 1. The van der Waals surface area contributed by atoms with Crippen LogP contribution in [0.25, 0.3) is 85.9 Å². The summed E-state index contributed by atoms with van der Waals surface area (Å²) in [6, 6.07) is 48.2. The minimum Gasteiger partial charge on any atom is -0.454 e. The van der Waals surface area contributed by atoms with Crippen molar-refractivity contribution in [1.29, 1.82) is 0 Å². The van der Waals surface area contributed by atoms with E-state index in [9.17, 15) is 0 Å². The zero-order chi connectivity index (χ0) is 26.2. The molecule has 0 bridgehead atoms. The zero-order valence-electron chi connectivity index (χ0n) is 21.5. The van der Waals surface area contributed by atoms with Crippen molar-refractivity contribution in [1.82, 2.24) is 0 Å². The predicted octanol–water partition coefficient (Wildman–Crippen LogP) is 11.6. The maximum atomic E-state index is 6.76. The van der Waals surface area contributed by atoms with E-state index in [1.165, 1.54) is 69.2 Å². The molecular weight excluding hydrogens is 504 g/mol. The van der Waals surface area contributed by atoms with Gasteiger partial charge in [0.2, 0.25) is 0 Å². The van der Waals surface area contributed by atoms with E-state index in [0.29, 0.717) is 0 Å². The minimum atomic E-state index is 0.961. The molecule has 0 aliphatic rings. The first-order valence-electron chi connectivity index (χ1n) is 13.6. The zero-order valence-corrected chi connectivity index (χ0v) is 22.3. The molecule has 0 unspecified atom stereocenters. The number of rotatable bonds is 2. The number of hydrogen-bond acceptors (Lipinski definition) is 2. The van der Waals surface area contributed by atoms with Crippen LogP contribution in [0.4, 0.5) is 0 Å². The molecule has 2 heteroatoms. The van der Waals surface area contributed by atoms with Gasteiger partial charge < -0.3 is 4.42 Å². The van der Waals surface area contributed by atoms with E-state index >= 15 is 0 Å². The molecule has 40 heavy (non-hydrogen) atoms. The topological polar surface area (TPSA) is 13.1 Å². The molecule has 2 heterocycles. The molecule has 0 saturated heterocycles. The molecule has 0 radical (unpaired) electrons. The monoisotopic (exact) mass is 526 g/mol. The first-order chi connectivity index (χ1) is 19.8. The quantitative estimate of drug-likeness (QED) is 0.204. The SMILES string of the molecule is c1ccc2cc(-c3c4ccccc4c(-c4cccc5c4oc4c6ccccc6sc54)c4ccccc34)ccc2c1. The van der Waals surface area contributed by atoms with E-state index in [1.54, 1.807) is 0 Å². The highest BCUT2D eigenvalue weighted by Gasteiger charge is 2.21. The van der Waals surface area contributed by atoms with Crippen LogP contribution in [-0.2, 0) is 0 Å². The van der Waals surface area contributed by atoms with Gasteiger partial charge in [-0.15, -0.1) is 11.3 Å². The molecule has 0 N–H and O–H groups in total. The fourth-order valence-corrected chi connectivity index (χ4v) is 7.65. The average Bonchev–Trinajstić information content (AvgIpc) is 3.56. The molecule has 1 nitrogen and oxygen atoms in total. The van der Waals surface area contributed by atoms with Crippen molar-refractivity contribution in [3.8, 4) is 22.3 Å². The fraction of sp³-hybridized carbons (Fsp3) is 0. The summed E-state index contributed by atoms with van der Waals surface area (Å²) >= 11 is 1.82. The molecular formula is C38H22OS. The Kier molecular flexibility index (Phi) is 4.55. The molecule has 0 fully saturated rings. The molecule has 2 aromatic heterocycles. The molecule has 7 aromatic carbocycles. The van der Waals surface area contributed by atoms with Crippen LogP contribution in [0.15, 0.2) is 138 Å². The Bertz CT molecular complexity index is 2380. The van der Waals surface area contributed by atoms with Crippen molar-refractivity contribution in [3.63, 3.8) is 0 Å². The molecule has 0 saturated carbocycles. The van der Waals surface area contributed by atoms with Crippen molar-refractivity contribution in [2.24, 2.45) is 0 Å². The maximum Gasteiger partial charge on any atom is 0.154 e. The van der Waals surface area contributed by atoms with Crippen molar-refractivity contribution >= 4 is 75.0 Å². The molecule has 0 aliphatic heterocycles. The lowest BCUT2D eigenvalue weighted by molar-refractivity contribution is 0.674. The fourth-order valence-electron chi connectivity index (χ4n) is 6.50. The normalized spacial score (nSPS) is 12.0. The smallest absolute Gasteiger partial charge is 0.154 e. The Labute approximate surface area is 234 Å². The average molecular weight is 527 g/mol.